The van der Waals surface area contributed by atoms with Gasteiger partial charge in [0.1, 0.15) is 10.7 Å². The number of amides is 1. The number of benzene rings is 2. The number of carbonyl (C=O) groups is 2. The van der Waals surface area contributed by atoms with Crippen LogP contribution in [0.4, 0.5) is 15.8 Å². The Morgan fingerprint density at radius 2 is 1.86 bits per heavy atom. The minimum Gasteiger partial charge on any atom is -0.449 e. The molecule has 0 aliphatic heterocycles. The van der Waals surface area contributed by atoms with Gasteiger partial charge < -0.3 is 10.1 Å². The molecule has 0 aromatic heterocycles. The molecule has 0 radical (unpaired) electrons. The average Bonchev–Trinajstić information content (AvgIpc) is 2.62. The number of esters is 1. The van der Waals surface area contributed by atoms with Gasteiger partial charge in [-0.3, -0.25) is 14.9 Å². The largest absolute Gasteiger partial charge is 0.449 e. The van der Waals surface area contributed by atoms with E-state index in [2.05, 4.69) is 5.32 Å². The van der Waals surface area contributed by atoms with Gasteiger partial charge >= 0.3 is 5.97 Å². The number of anilines is 1. The second-order valence-electron chi connectivity index (χ2n) is 5.73. The molecule has 1 atom stereocenters. The van der Waals surface area contributed by atoms with Gasteiger partial charge in [-0.1, -0.05) is 12.1 Å². The molecule has 9 nitrogen and oxygen atoms in total. The summed E-state index contributed by atoms with van der Waals surface area (Å²) in [5, 5.41) is 13.3. The van der Waals surface area contributed by atoms with Gasteiger partial charge in [-0.05, 0) is 31.2 Å². The number of hydrogen-bond acceptors (Lipinski definition) is 7. The molecule has 0 saturated heterocycles. The molecule has 11 heteroatoms. The molecule has 148 valence electrons. The van der Waals surface area contributed by atoms with Crippen molar-refractivity contribution in [1.29, 1.82) is 0 Å². The molecule has 2 aromatic carbocycles. The first kappa shape index (κ1) is 21.0. The van der Waals surface area contributed by atoms with Gasteiger partial charge in [-0.25, -0.2) is 17.6 Å². The molecule has 0 spiro atoms. The van der Waals surface area contributed by atoms with Gasteiger partial charge in [-0.15, -0.1) is 0 Å². The van der Waals surface area contributed by atoms with Crippen LogP contribution in [-0.4, -0.2) is 37.6 Å². The van der Waals surface area contributed by atoms with Crippen LogP contribution in [0, 0.1) is 15.9 Å². The van der Waals surface area contributed by atoms with Crippen LogP contribution < -0.4 is 5.32 Å². The summed E-state index contributed by atoms with van der Waals surface area (Å²) in [5.74, 6) is -2.58. The Bertz CT molecular complexity index is 1050. The van der Waals surface area contributed by atoms with Gasteiger partial charge in [0, 0.05) is 12.3 Å². The summed E-state index contributed by atoms with van der Waals surface area (Å²) in [6.07, 6.45) is -0.552. The Hall–Kier alpha value is -3.34. The number of hydrogen-bond donors (Lipinski definition) is 1. The highest BCUT2D eigenvalue weighted by Gasteiger charge is 2.26. The third-order valence-corrected chi connectivity index (χ3v) is 4.72. The summed E-state index contributed by atoms with van der Waals surface area (Å²) in [7, 11) is -3.89. The summed E-state index contributed by atoms with van der Waals surface area (Å²) < 4.78 is 41.7. The zero-order valence-electron chi connectivity index (χ0n) is 14.7. The number of nitro benzene ring substituents is 1. The highest BCUT2D eigenvalue weighted by molar-refractivity contribution is 7.90. The van der Waals surface area contributed by atoms with Crippen molar-refractivity contribution in [3.63, 3.8) is 0 Å². The molecule has 0 unspecified atom stereocenters. The van der Waals surface area contributed by atoms with Crippen LogP contribution in [0.1, 0.15) is 17.3 Å². The summed E-state index contributed by atoms with van der Waals surface area (Å²) >= 11 is 0. The van der Waals surface area contributed by atoms with E-state index in [1.54, 1.807) is 0 Å². The highest BCUT2D eigenvalue weighted by Crippen LogP contribution is 2.25. The Morgan fingerprint density at radius 3 is 2.43 bits per heavy atom. The Labute approximate surface area is 159 Å². The van der Waals surface area contributed by atoms with E-state index in [9.17, 15) is 32.5 Å². The minimum absolute atomic E-state index is 0.108. The van der Waals surface area contributed by atoms with Crippen molar-refractivity contribution >= 4 is 33.1 Å². The first-order valence-electron chi connectivity index (χ1n) is 7.75. The lowest BCUT2D eigenvalue weighted by Crippen LogP contribution is -2.30. The Balaban J connectivity index is 2.18. The van der Waals surface area contributed by atoms with Gasteiger partial charge in [-0.2, -0.15) is 0 Å². The van der Waals surface area contributed by atoms with Crippen LogP contribution in [-0.2, 0) is 19.4 Å². The lowest BCUT2D eigenvalue weighted by molar-refractivity contribution is -0.387. The molecule has 28 heavy (non-hydrogen) atoms. The van der Waals surface area contributed by atoms with Crippen molar-refractivity contribution in [2.24, 2.45) is 0 Å². The van der Waals surface area contributed by atoms with E-state index in [1.165, 1.54) is 25.1 Å². The maximum atomic E-state index is 13.6. The van der Waals surface area contributed by atoms with Crippen molar-refractivity contribution in [3.05, 3.63) is 64.0 Å². The third kappa shape index (κ3) is 4.88. The lowest BCUT2D eigenvalue weighted by Gasteiger charge is -2.14. The third-order valence-electron chi connectivity index (χ3n) is 3.58. The number of ether oxygens (including phenoxy) is 1. The van der Waals surface area contributed by atoms with Crippen LogP contribution in [0.25, 0.3) is 0 Å². The number of rotatable bonds is 6. The van der Waals surface area contributed by atoms with E-state index in [-0.39, 0.29) is 11.3 Å². The predicted octanol–water partition coefficient (Wildman–Crippen LogP) is 2.32. The monoisotopic (exact) mass is 410 g/mol. The molecular formula is C17H15FN2O7S. The first-order chi connectivity index (χ1) is 13.0. The van der Waals surface area contributed by atoms with E-state index < -0.39 is 49.1 Å². The molecular weight excluding hydrogens is 395 g/mol. The number of para-hydroxylation sites is 1. The van der Waals surface area contributed by atoms with Crippen molar-refractivity contribution in [1.82, 2.24) is 0 Å². The number of sulfone groups is 1. The van der Waals surface area contributed by atoms with Crippen LogP contribution in [0.2, 0.25) is 0 Å². The fourth-order valence-electron chi connectivity index (χ4n) is 2.18. The second kappa shape index (κ2) is 8.13. The molecule has 0 saturated carbocycles. The molecule has 0 fully saturated rings. The normalized spacial score (nSPS) is 12.1. The smallest absolute Gasteiger partial charge is 0.339 e. The van der Waals surface area contributed by atoms with E-state index >= 15 is 0 Å². The zero-order valence-corrected chi connectivity index (χ0v) is 15.5. The fourth-order valence-corrected chi connectivity index (χ4v) is 3.01. The molecule has 0 aliphatic carbocycles. The standard InChI is InChI=1S/C17H15FN2O7S/c1-10(16(21)19-13-6-4-3-5-12(13)18)27-17(22)11-7-8-15(28(2,25)26)14(9-11)20(23)24/h3-10H,1-2H3,(H,19,21)/t10-/m0/s1. The second-order valence-corrected chi connectivity index (χ2v) is 7.71. The summed E-state index contributed by atoms with van der Waals surface area (Å²) in [4.78, 5) is 33.8. The van der Waals surface area contributed by atoms with Gasteiger partial charge in [0.2, 0.25) is 0 Å². The number of nitrogens with zero attached hydrogens (tertiary/aromatic N) is 1. The highest BCUT2D eigenvalue weighted by atomic mass is 32.2. The van der Waals surface area contributed by atoms with Crippen LogP contribution in [0.15, 0.2) is 47.4 Å². The summed E-state index contributed by atoms with van der Waals surface area (Å²) in [6.45, 7) is 1.23. The Kier molecular flexibility index (Phi) is 6.09. The zero-order chi connectivity index (χ0) is 21.1. The van der Waals surface area contributed by atoms with E-state index in [0.29, 0.717) is 0 Å². The minimum atomic E-state index is -3.89. The maximum Gasteiger partial charge on any atom is 0.339 e. The quantitative estimate of drug-likeness (QED) is 0.439. The molecule has 2 aromatic rings. The maximum absolute atomic E-state index is 13.6. The number of carbonyl (C=O) groups excluding carboxylic acids is 2. The van der Waals surface area contributed by atoms with E-state index in [0.717, 1.165) is 30.5 Å². The Morgan fingerprint density at radius 1 is 1.21 bits per heavy atom. The molecule has 0 heterocycles. The van der Waals surface area contributed by atoms with Crippen molar-refractivity contribution < 1.29 is 32.1 Å². The average molecular weight is 410 g/mol. The summed E-state index contributed by atoms with van der Waals surface area (Å²) in [5.41, 5.74) is -1.21. The fraction of sp³-hybridized carbons (Fsp3) is 0.176. The molecule has 2 rings (SSSR count). The molecule has 0 bridgehead atoms. The number of nitro groups is 1. The van der Waals surface area contributed by atoms with Crippen LogP contribution in [0.5, 0.6) is 0 Å². The summed E-state index contributed by atoms with van der Waals surface area (Å²) in [6, 6.07) is 8.07. The molecule has 0 aliphatic rings. The first-order valence-corrected chi connectivity index (χ1v) is 9.64. The van der Waals surface area contributed by atoms with Crippen molar-refractivity contribution in [3.8, 4) is 0 Å². The van der Waals surface area contributed by atoms with Crippen molar-refractivity contribution in [2.75, 3.05) is 11.6 Å². The van der Waals surface area contributed by atoms with Crippen LogP contribution in [0.3, 0.4) is 0 Å². The van der Waals surface area contributed by atoms with Gasteiger partial charge in [0.15, 0.2) is 15.9 Å². The lowest BCUT2D eigenvalue weighted by atomic mass is 10.2. The predicted molar refractivity (Wildman–Crippen MR) is 96.1 cm³/mol. The number of halogens is 1. The topological polar surface area (TPSA) is 133 Å². The molecule has 1 N–H and O–H groups in total. The van der Waals surface area contributed by atoms with E-state index in [4.69, 9.17) is 4.74 Å². The van der Waals surface area contributed by atoms with Gasteiger partial charge in [0.25, 0.3) is 11.6 Å². The molecule has 1 amide bonds. The van der Waals surface area contributed by atoms with Gasteiger partial charge in [0.05, 0.1) is 16.2 Å². The SMILES string of the molecule is C[C@H](OC(=O)c1ccc(S(C)(=O)=O)c([N+](=O)[O-])c1)C(=O)Nc1ccccc1F. The van der Waals surface area contributed by atoms with Crippen molar-refractivity contribution in [2.45, 2.75) is 17.9 Å². The van der Waals surface area contributed by atoms with Crippen LogP contribution >= 0.6 is 0 Å². The van der Waals surface area contributed by atoms with E-state index in [1.807, 2.05) is 0 Å². The number of nitrogens with one attached hydrogen (secondary N) is 1.